The van der Waals surface area contributed by atoms with Crippen molar-refractivity contribution in [2.45, 2.75) is 0 Å². The van der Waals surface area contributed by atoms with E-state index in [-0.39, 0.29) is 0 Å². The fraction of sp³-hybridized carbons (Fsp3) is 0.125. The number of hydrogen-bond acceptors (Lipinski definition) is 4. The van der Waals surface area contributed by atoms with Crippen molar-refractivity contribution in [2.24, 2.45) is 0 Å². The second-order valence-electron chi connectivity index (χ2n) is 4.21. The van der Waals surface area contributed by atoms with Gasteiger partial charge in [0.2, 0.25) is 5.88 Å². The first-order valence-corrected chi connectivity index (χ1v) is 6.44. The second-order valence-corrected chi connectivity index (χ2v) is 4.21. The van der Waals surface area contributed by atoms with Gasteiger partial charge < -0.3 is 9.47 Å². The van der Waals surface area contributed by atoms with Crippen molar-refractivity contribution < 1.29 is 9.47 Å². The third kappa shape index (κ3) is 3.03. The molecule has 4 heteroatoms. The summed E-state index contributed by atoms with van der Waals surface area (Å²) in [7, 11) is 0. The molecule has 0 N–H and O–H groups in total. The van der Waals surface area contributed by atoms with Gasteiger partial charge in [-0.15, -0.1) is 0 Å². The number of ether oxygens (including phenoxy) is 2. The quantitative estimate of drug-likeness (QED) is 0.666. The van der Waals surface area contributed by atoms with Crippen LogP contribution >= 0.6 is 0 Å². The molecule has 0 unspecified atom stereocenters. The van der Waals surface area contributed by atoms with Gasteiger partial charge in [0.05, 0.1) is 17.2 Å². The first-order valence-electron chi connectivity index (χ1n) is 6.44. The van der Waals surface area contributed by atoms with E-state index >= 15 is 0 Å². The van der Waals surface area contributed by atoms with Crippen molar-refractivity contribution in [3.63, 3.8) is 0 Å². The second kappa shape index (κ2) is 6.02. The number of hydrogen-bond donors (Lipinski definition) is 0. The van der Waals surface area contributed by atoms with E-state index in [2.05, 4.69) is 9.97 Å². The molecule has 1 heterocycles. The Balaban J connectivity index is 1.55. The molecule has 1 aromatic heterocycles. The van der Waals surface area contributed by atoms with E-state index in [4.69, 9.17) is 9.47 Å². The molecule has 3 rings (SSSR count). The maximum Gasteiger partial charge on any atom is 0.233 e. The average molecular weight is 266 g/mol. The van der Waals surface area contributed by atoms with Crippen LogP contribution in [0.2, 0.25) is 0 Å². The molecule has 100 valence electrons. The molecule has 0 aliphatic heterocycles. The third-order valence-corrected chi connectivity index (χ3v) is 2.77. The zero-order chi connectivity index (χ0) is 13.6. The van der Waals surface area contributed by atoms with Crippen LogP contribution in [0.1, 0.15) is 0 Å². The maximum absolute atomic E-state index is 5.54. The summed E-state index contributed by atoms with van der Waals surface area (Å²) in [5.41, 5.74) is 1.69. The highest BCUT2D eigenvalue weighted by Gasteiger charge is 2.00. The molecule has 0 aliphatic rings. The van der Waals surface area contributed by atoms with E-state index in [1.165, 1.54) is 0 Å². The van der Waals surface area contributed by atoms with Crippen LogP contribution in [0.4, 0.5) is 0 Å². The van der Waals surface area contributed by atoms with Gasteiger partial charge in [0.15, 0.2) is 0 Å². The van der Waals surface area contributed by atoms with E-state index in [0.29, 0.717) is 19.1 Å². The Morgan fingerprint density at radius 3 is 2.30 bits per heavy atom. The summed E-state index contributed by atoms with van der Waals surface area (Å²) in [4.78, 5) is 8.67. The summed E-state index contributed by atoms with van der Waals surface area (Å²) >= 11 is 0. The fourth-order valence-corrected chi connectivity index (χ4v) is 1.83. The molecule has 0 radical (unpaired) electrons. The molecule has 0 fully saturated rings. The molecule has 0 aliphatic carbocycles. The van der Waals surface area contributed by atoms with Crippen molar-refractivity contribution >= 4 is 11.0 Å². The molecule has 0 spiro atoms. The minimum Gasteiger partial charge on any atom is -0.490 e. The molecule has 0 saturated carbocycles. The Bertz CT molecular complexity index is 686. The van der Waals surface area contributed by atoms with Crippen LogP contribution in [0.25, 0.3) is 11.0 Å². The molecule has 0 atom stereocenters. The first-order chi connectivity index (χ1) is 9.92. The van der Waals surface area contributed by atoms with Crippen molar-refractivity contribution in [3.8, 4) is 11.6 Å². The van der Waals surface area contributed by atoms with E-state index in [1.807, 2.05) is 54.6 Å². The number of fused-ring (bicyclic) bond motifs is 1. The Labute approximate surface area is 117 Å². The van der Waals surface area contributed by atoms with Gasteiger partial charge in [0.25, 0.3) is 0 Å². The van der Waals surface area contributed by atoms with Crippen molar-refractivity contribution in [1.82, 2.24) is 9.97 Å². The van der Waals surface area contributed by atoms with Gasteiger partial charge in [-0.1, -0.05) is 30.3 Å². The van der Waals surface area contributed by atoms with Gasteiger partial charge in [0.1, 0.15) is 19.0 Å². The summed E-state index contributed by atoms with van der Waals surface area (Å²) in [5, 5.41) is 0. The minimum atomic E-state index is 0.432. The molecule has 0 amide bonds. The minimum absolute atomic E-state index is 0.432. The zero-order valence-electron chi connectivity index (χ0n) is 10.9. The number of rotatable bonds is 5. The molecule has 0 bridgehead atoms. The van der Waals surface area contributed by atoms with Crippen LogP contribution in [0.15, 0.2) is 60.8 Å². The van der Waals surface area contributed by atoms with Gasteiger partial charge in [0, 0.05) is 0 Å². The SMILES string of the molecule is c1ccc(OCCOc2cnc3ccccc3n2)cc1. The van der Waals surface area contributed by atoms with Crippen LogP contribution in [0, 0.1) is 0 Å². The van der Waals surface area contributed by atoms with Crippen LogP contribution < -0.4 is 9.47 Å². The molecule has 20 heavy (non-hydrogen) atoms. The lowest BCUT2D eigenvalue weighted by atomic mass is 10.3. The topological polar surface area (TPSA) is 44.2 Å². The largest absolute Gasteiger partial charge is 0.490 e. The van der Waals surface area contributed by atoms with Crippen molar-refractivity contribution in [1.29, 1.82) is 0 Å². The highest BCUT2D eigenvalue weighted by atomic mass is 16.5. The van der Waals surface area contributed by atoms with E-state index in [1.54, 1.807) is 6.20 Å². The zero-order valence-corrected chi connectivity index (χ0v) is 10.9. The predicted octanol–water partition coefficient (Wildman–Crippen LogP) is 3.09. The smallest absolute Gasteiger partial charge is 0.233 e. The Morgan fingerprint density at radius 2 is 1.45 bits per heavy atom. The molecular weight excluding hydrogens is 252 g/mol. The van der Waals surface area contributed by atoms with Crippen molar-refractivity contribution in [3.05, 3.63) is 60.8 Å². The fourth-order valence-electron chi connectivity index (χ4n) is 1.83. The predicted molar refractivity (Wildman–Crippen MR) is 77.0 cm³/mol. The summed E-state index contributed by atoms with van der Waals surface area (Å²) in [6, 6.07) is 17.3. The number of aromatic nitrogens is 2. The van der Waals surface area contributed by atoms with Gasteiger partial charge in [-0.3, -0.25) is 0 Å². The monoisotopic (exact) mass is 266 g/mol. The lowest BCUT2D eigenvalue weighted by molar-refractivity contribution is 0.212. The van der Waals surface area contributed by atoms with Crippen LogP contribution in [-0.2, 0) is 0 Å². The number of benzene rings is 2. The first kappa shape index (κ1) is 12.4. The Morgan fingerprint density at radius 1 is 0.750 bits per heavy atom. The summed E-state index contributed by atoms with van der Waals surface area (Å²) in [5.74, 6) is 1.35. The van der Waals surface area contributed by atoms with Crippen LogP contribution in [-0.4, -0.2) is 23.2 Å². The van der Waals surface area contributed by atoms with E-state index in [9.17, 15) is 0 Å². The molecule has 4 nitrogen and oxygen atoms in total. The Kier molecular flexibility index (Phi) is 3.73. The highest BCUT2D eigenvalue weighted by molar-refractivity contribution is 5.73. The van der Waals surface area contributed by atoms with Crippen LogP contribution in [0.3, 0.4) is 0 Å². The summed E-state index contributed by atoms with van der Waals surface area (Å²) in [6.07, 6.45) is 1.63. The van der Waals surface area contributed by atoms with Gasteiger partial charge >= 0.3 is 0 Å². The standard InChI is InChI=1S/C16H14N2O2/c1-2-6-13(7-3-1)19-10-11-20-16-12-17-14-8-4-5-9-15(14)18-16/h1-9,12H,10-11H2. The molecular formula is C16H14N2O2. The summed E-state index contributed by atoms with van der Waals surface area (Å²) < 4.78 is 11.1. The Hall–Kier alpha value is -2.62. The summed E-state index contributed by atoms with van der Waals surface area (Å²) in [6.45, 7) is 0.903. The van der Waals surface area contributed by atoms with Gasteiger partial charge in [-0.25, -0.2) is 9.97 Å². The molecule has 3 aromatic rings. The highest BCUT2D eigenvalue weighted by Crippen LogP contribution is 2.13. The number of para-hydroxylation sites is 3. The number of nitrogens with zero attached hydrogens (tertiary/aromatic N) is 2. The van der Waals surface area contributed by atoms with Gasteiger partial charge in [-0.05, 0) is 24.3 Å². The maximum atomic E-state index is 5.54. The van der Waals surface area contributed by atoms with Crippen LogP contribution in [0.5, 0.6) is 11.6 Å². The lowest BCUT2D eigenvalue weighted by Crippen LogP contribution is -2.09. The molecule has 2 aromatic carbocycles. The van der Waals surface area contributed by atoms with Gasteiger partial charge in [-0.2, -0.15) is 0 Å². The average Bonchev–Trinajstić information content (AvgIpc) is 2.52. The van der Waals surface area contributed by atoms with E-state index < -0.39 is 0 Å². The van der Waals surface area contributed by atoms with E-state index in [0.717, 1.165) is 16.8 Å². The lowest BCUT2D eigenvalue weighted by Gasteiger charge is -2.07. The third-order valence-electron chi connectivity index (χ3n) is 2.77. The molecule has 0 saturated heterocycles. The normalized spacial score (nSPS) is 10.4. The van der Waals surface area contributed by atoms with Crippen molar-refractivity contribution in [2.75, 3.05) is 13.2 Å².